The lowest BCUT2D eigenvalue weighted by atomic mass is 10.1. The SMILES string of the molecule is Cc1ccc(-c2nnc(COc3cccc(NC(=O)C=Cc4ccc(C)o4)c3)o2)cc1. The third kappa shape index (κ3) is 5.48. The Kier molecular flexibility index (Phi) is 5.93. The maximum absolute atomic E-state index is 12.1. The quantitative estimate of drug-likeness (QED) is 0.419. The summed E-state index contributed by atoms with van der Waals surface area (Å²) in [6.07, 6.45) is 3.03. The average molecular weight is 415 g/mol. The summed E-state index contributed by atoms with van der Waals surface area (Å²) >= 11 is 0. The molecule has 7 nitrogen and oxygen atoms in total. The van der Waals surface area contributed by atoms with Crippen molar-refractivity contribution in [2.24, 2.45) is 0 Å². The van der Waals surface area contributed by atoms with Crippen LogP contribution < -0.4 is 10.1 Å². The molecule has 0 saturated carbocycles. The number of amides is 1. The molecule has 2 heterocycles. The zero-order valence-corrected chi connectivity index (χ0v) is 17.2. The van der Waals surface area contributed by atoms with E-state index in [0.29, 0.717) is 29.0 Å². The number of rotatable bonds is 7. The number of nitrogens with one attached hydrogen (secondary N) is 1. The summed E-state index contributed by atoms with van der Waals surface area (Å²) < 4.78 is 16.8. The van der Waals surface area contributed by atoms with Crippen molar-refractivity contribution in [3.05, 3.63) is 89.7 Å². The molecule has 0 aliphatic rings. The molecule has 31 heavy (non-hydrogen) atoms. The molecule has 4 rings (SSSR count). The van der Waals surface area contributed by atoms with E-state index in [4.69, 9.17) is 13.6 Å². The molecule has 2 aromatic carbocycles. The van der Waals surface area contributed by atoms with Gasteiger partial charge >= 0.3 is 0 Å². The highest BCUT2D eigenvalue weighted by Crippen LogP contribution is 2.21. The Balaban J connectivity index is 1.34. The molecule has 156 valence electrons. The maximum atomic E-state index is 12.1. The second-order valence-electron chi connectivity index (χ2n) is 6.95. The van der Waals surface area contributed by atoms with E-state index < -0.39 is 0 Å². The van der Waals surface area contributed by atoms with Gasteiger partial charge < -0.3 is 18.9 Å². The third-order valence-electron chi connectivity index (χ3n) is 4.39. The van der Waals surface area contributed by atoms with Gasteiger partial charge in [0.2, 0.25) is 11.8 Å². The summed E-state index contributed by atoms with van der Waals surface area (Å²) in [7, 11) is 0. The van der Waals surface area contributed by atoms with E-state index in [9.17, 15) is 4.79 Å². The van der Waals surface area contributed by atoms with Gasteiger partial charge in [0, 0.05) is 23.4 Å². The van der Waals surface area contributed by atoms with Crippen molar-refractivity contribution >= 4 is 17.7 Å². The minimum Gasteiger partial charge on any atom is -0.484 e. The predicted octanol–water partition coefficient (Wildman–Crippen LogP) is 5.18. The lowest BCUT2D eigenvalue weighted by molar-refractivity contribution is -0.111. The first-order valence-corrected chi connectivity index (χ1v) is 9.73. The first-order valence-electron chi connectivity index (χ1n) is 9.73. The van der Waals surface area contributed by atoms with Gasteiger partial charge in [0.25, 0.3) is 5.89 Å². The smallest absolute Gasteiger partial charge is 0.254 e. The molecule has 0 unspecified atom stereocenters. The van der Waals surface area contributed by atoms with E-state index in [1.807, 2.05) is 44.2 Å². The summed E-state index contributed by atoms with van der Waals surface area (Å²) in [6.45, 7) is 3.98. The minimum atomic E-state index is -0.272. The molecule has 0 atom stereocenters. The van der Waals surface area contributed by atoms with Gasteiger partial charge in [0.15, 0.2) is 6.61 Å². The number of hydrogen-bond donors (Lipinski definition) is 1. The van der Waals surface area contributed by atoms with Crippen molar-refractivity contribution in [2.45, 2.75) is 20.5 Å². The Bertz CT molecular complexity index is 1210. The zero-order valence-electron chi connectivity index (χ0n) is 17.2. The van der Waals surface area contributed by atoms with Crippen LogP contribution in [0.15, 0.2) is 75.6 Å². The summed E-state index contributed by atoms with van der Waals surface area (Å²) in [6, 6.07) is 18.5. The second kappa shape index (κ2) is 9.13. The highest BCUT2D eigenvalue weighted by molar-refractivity contribution is 6.01. The van der Waals surface area contributed by atoms with Gasteiger partial charge in [-0.25, -0.2) is 0 Å². The van der Waals surface area contributed by atoms with Gasteiger partial charge in [0.05, 0.1) is 0 Å². The lowest BCUT2D eigenvalue weighted by Crippen LogP contribution is -2.07. The Labute approximate surface area is 179 Å². The van der Waals surface area contributed by atoms with Gasteiger partial charge in [-0.3, -0.25) is 4.79 Å². The molecular weight excluding hydrogens is 394 g/mol. The van der Waals surface area contributed by atoms with Crippen LogP contribution in [0.5, 0.6) is 5.75 Å². The van der Waals surface area contributed by atoms with E-state index in [1.54, 1.807) is 36.4 Å². The number of ether oxygens (including phenoxy) is 1. The average Bonchev–Trinajstić information content (AvgIpc) is 3.41. The molecule has 0 radical (unpaired) electrons. The molecule has 2 aromatic heterocycles. The highest BCUT2D eigenvalue weighted by Gasteiger charge is 2.09. The standard InChI is InChI=1S/C24H21N3O4/c1-16-6-9-18(10-7-16)24-27-26-23(31-24)15-29-21-5-3-4-19(14-21)25-22(28)13-12-20-11-8-17(2)30-20/h3-14H,15H2,1-2H3,(H,25,28). The number of nitrogens with zero attached hydrogens (tertiary/aromatic N) is 2. The van der Waals surface area contributed by atoms with E-state index >= 15 is 0 Å². The van der Waals surface area contributed by atoms with E-state index in [1.165, 1.54) is 6.08 Å². The lowest BCUT2D eigenvalue weighted by Gasteiger charge is -2.06. The second-order valence-corrected chi connectivity index (χ2v) is 6.95. The Morgan fingerprint density at radius 3 is 2.65 bits per heavy atom. The predicted molar refractivity (Wildman–Crippen MR) is 116 cm³/mol. The summed E-state index contributed by atoms with van der Waals surface area (Å²) in [5.41, 5.74) is 2.62. The summed E-state index contributed by atoms with van der Waals surface area (Å²) in [4.78, 5) is 12.1. The number of hydrogen-bond acceptors (Lipinski definition) is 6. The van der Waals surface area contributed by atoms with Crippen LogP contribution >= 0.6 is 0 Å². The number of aryl methyl sites for hydroxylation is 2. The number of benzene rings is 2. The first kappa shape index (κ1) is 20.2. The Hall–Kier alpha value is -4.13. The van der Waals surface area contributed by atoms with Crippen LogP contribution in [0.4, 0.5) is 5.69 Å². The molecule has 0 aliphatic heterocycles. The molecule has 0 aliphatic carbocycles. The van der Waals surface area contributed by atoms with Crippen LogP contribution in [-0.2, 0) is 11.4 Å². The van der Waals surface area contributed by atoms with Crippen molar-refractivity contribution in [3.8, 4) is 17.2 Å². The number of anilines is 1. The fraction of sp³-hybridized carbons (Fsp3) is 0.125. The number of carbonyl (C=O) groups is 1. The van der Waals surface area contributed by atoms with Gasteiger partial charge in [-0.1, -0.05) is 23.8 Å². The largest absolute Gasteiger partial charge is 0.484 e. The van der Waals surface area contributed by atoms with Gasteiger partial charge in [0.1, 0.15) is 17.3 Å². The van der Waals surface area contributed by atoms with Crippen molar-refractivity contribution in [2.75, 3.05) is 5.32 Å². The van der Waals surface area contributed by atoms with Crippen LogP contribution in [0.25, 0.3) is 17.5 Å². The minimum absolute atomic E-state index is 0.119. The molecule has 0 spiro atoms. The van der Waals surface area contributed by atoms with Crippen molar-refractivity contribution in [1.82, 2.24) is 10.2 Å². The number of aromatic nitrogens is 2. The maximum Gasteiger partial charge on any atom is 0.254 e. The van der Waals surface area contributed by atoms with E-state index in [2.05, 4.69) is 15.5 Å². The van der Waals surface area contributed by atoms with Gasteiger partial charge in [-0.15, -0.1) is 10.2 Å². The molecule has 4 aromatic rings. The molecule has 0 saturated heterocycles. The fourth-order valence-corrected chi connectivity index (χ4v) is 2.82. The van der Waals surface area contributed by atoms with Crippen molar-refractivity contribution < 1.29 is 18.4 Å². The zero-order chi connectivity index (χ0) is 21.6. The van der Waals surface area contributed by atoms with Crippen LogP contribution in [0.1, 0.15) is 23.0 Å². The molecule has 7 heteroatoms. The molecule has 1 amide bonds. The molecule has 0 fully saturated rings. The van der Waals surface area contributed by atoms with Gasteiger partial charge in [-0.05, 0) is 56.3 Å². The normalized spacial score (nSPS) is 11.0. The third-order valence-corrected chi connectivity index (χ3v) is 4.39. The monoisotopic (exact) mass is 415 g/mol. The highest BCUT2D eigenvalue weighted by atomic mass is 16.5. The van der Waals surface area contributed by atoms with E-state index in [0.717, 1.165) is 16.9 Å². The van der Waals surface area contributed by atoms with E-state index in [-0.39, 0.29) is 12.5 Å². The van der Waals surface area contributed by atoms with Crippen LogP contribution in [0.2, 0.25) is 0 Å². The van der Waals surface area contributed by atoms with Crippen molar-refractivity contribution in [3.63, 3.8) is 0 Å². The van der Waals surface area contributed by atoms with Crippen LogP contribution in [0.3, 0.4) is 0 Å². The van der Waals surface area contributed by atoms with Crippen LogP contribution in [0, 0.1) is 13.8 Å². The van der Waals surface area contributed by atoms with Crippen molar-refractivity contribution in [1.29, 1.82) is 0 Å². The summed E-state index contributed by atoms with van der Waals surface area (Å²) in [5, 5.41) is 10.9. The summed E-state index contributed by atoms with van der Waals surface area (Å²) in [5.74, 6) is 2.51. The topological polar surface area (TPSA) is 90.4 Å². The Morgan fingerprint density at radius 1 is 1.03 bits per heavy atom. The number of carbonyl (C=O) groups excluding carboxylic acids is 1. The van der Waals surface area contributed by atoms with Gasteiger partial charge in [-0.2, -0.15) is 0 Å². The number of furan rings is 1. The first-order chi connectivity index (χ1) is 15.0. The Morgan fingerprint density at radius 2 is 1.87 bits per heavy atom. The fourth-order valence-electron chi connectivity index (χ4n) is 2.82. The molecular formula is C24H21N3O4. The molecule has 0 bridgehead atoms. The van der Waals surface area contributed by atoms with Crippen LogP contribution in [-0.4, -0.2) is 16.1 Å². The molecule has 1 N–H and O–H groups in total.